The van der Waals surface area contributed by atoms with Gasteiger partial charge >= 0.3 is 12.0 Å². The van der Waals surface area contributed by atoms with Crippen LogP contribution in [0.3, 0.4) is 0 Å². The zero-order valence-corrected chi connectivity index (χ0v) is 15.8. The first-order valence-corrected chi connectivity index (χ1v) is 9.77. The molecule has 1 fully saturated rings. The van der Waals surface area contributed by atoms with E-state index in [1.165, 1.54) is 11.3 Å². The number of aromatic nitrogens is 1. The maximum atomic E-state index is 12.8. The lowest BCUT2D eigenvalue weighted by atomic mass is 10.1. The molecule has 1 N–H and O–H groups in total. The Bertz CT molecular complexity index is 786. The molecular weight excluding hydrogens is 350 g/mol. The van der Waals surface area contributed by atoms with Crippen molar-refractivity contribution in [3.05, 3.63) is 45.9 Å². The van der Waals surface area contributed by atoms with Crippen molar-refractivity contribution in [2.75, 3.05) is 11.9 Å². The summed E-state index contributed by atoms with van der Waals surface area (Å²) in [6.07, 6.45) is 2.85. The van der Waals surface area contributed by atoms with Crippen molar-refractivity contribution in [2.45, 2.75) is 45.7 Å². The number of benzene rings is 1. The zero-order chi connectivity index (χ0) is 18.5. The molecule has 1 heterocycles. The lowest BCUT2D eigenvalue weighted by molar-refractivity contribution is 0.0520. The van der Waals surface area contributed by atoms with E-state index < -0.39 is 5.97 Å². The van der Waals surface area contributed by atoms with E-state index >= 15 is 0 Å². The Kier molecular flexibility index (Phi) is 5.88. The van der Waals surface area contributed by atoms with Gasteiger partial charge in [0, 0.05) is 17.1 Å². The van der Waals surface area contributed by atoms with E-state index in [4.69, 9.17) is 4.74 Å². The number of esters is 1. The quantitative estimate of drug-likeness (QED) is 0.743. The second-order valence-corrected chi connectivity index (χ2v) is 7.09. The molecule has 1 aliphatic carbocycles. The van der Waals surface area contributed by atoms with Gasteiger partial charge in [-0.25, -0.2) is 14.6 Å². The standard InChI is InChI=1S/C19H23N3O3S/c1-3-13-7-5-6-8-15(13)21-19(24)22(14-9-10-14)11-17-20-16(12-26-17)18(23)25-4-2/h5-8,12,14H,3-4,9-11H2,1-2H3,(H,21,24). The topological polar surface area (TPSA) is 71.5 Å². The van der Waals surface area contributed by atoms with Crippen LogP contribution >= 0.6 is 11.3 Å². The Hall–Kier alpha value is -2.41. The second kappa shape index (κ2) is 8.31. The number of rotatable bonds is 7. The van der Waals surface area contributed by atoms with Gasteiger partial charge in [-0.1, -0.05) is 25.1 Å². The number of ether oxygens (including phenoxy) is 1. The lowest BCUT2D eigenvalue weighted by Gasteiger charge is -2.22. The van der Waals surface area contributed by atoms with Gasteiger partial charge in [-0.05, 0) is 37.8 Å². The molecule has 0 unspecified atom stereocenters. The summed E-state index contributed by atoms with van der Waals surface area (Å²) in [6.45, 7) is 4.54. The van der Waals surface area contributed by atoms with Gasteiger partial charge in [0.15, 0.2) is 5.69 Å². The van der Waals surface area contributed by atoms with Gasteiger partial charge in [-0.2, -0.15) is 0 Å². The fraction of sp³-hybridized carbons (Fsp3) is 0.421. The summed E-state index contributed by atoms with van der Waals surface area (Å²) in [5.74, 6) is -0.422. The average Bonchev–Trinajstić information content (AvgIpc) is 3.37. The van der Waals surface area contributed by atoms with E-state index in [0.29, 0.717) is 18.8 Å². The van der Waals surface area contributed by atoms with E-state index in [-0.39, 0.29) is 12.1 Å². The Labute approximate surface area is 157 Å². The van der Waals surface area contributed by atoms with Gasteiger partial charge in [-0.3, -0.25) is 0 Å². The minimum atomic E-state index is -0.422. The minimum Gasteiger partial charge on any atom is -0.461 e. The molecule has 0 atom stereocenters. The second-order valence-electron chi connectivity index (χ2n) is 6.15. The number of hydrogen-bond donors (Lipinski definition) is 1. The summed E-state index contributed by atoms with van der Waals surface area (Å²) >= 11 is 1.37. The average molecular weight is 373 g/mol. The smallest absolute Gasteiger partial charge is 0.357 e. The number of amides is 2. The Morgan fingerprint density at radius 3 is 2.77 bits per heavy atom. The van der Waals surface area contributed by atoms with Gasteiger partial charge in [0.2, 0.25) is 0 Å². The molecule has 0 bridgehead atoms. The van der Waals surface area contributed by atoms with E-state index in [0.717, 1.165) is 35.5 Å². The van der Waals surface area contributed by atoms with Crippen LogP contribution in [0.1, 0.15) is 47.7 Å². The molecule has 1 aromatic heterocycles. The van der Waals surface area contributed by atoms with E-state index in [2.05, 4.69) is 17.2 Å². The van der Waals surface area contributed by atoms with Gasteiger partial charge in [-0.15, -0.1) is 11.3 Å². The molecule has 2 amide bonds. The number of anilines is 1. The molecule has 6 nitrogen and oxygen atoms in total. The predicted molar refractivity (Wildman–Crippen MR) is 101 cm³/mol. The van der Waals surface area contributed by atoms with Gasteiger partial charge in [0.1, 0.15) is 5.01 Å². The number of carbonyl (C=O) groups excluding carboxylic acids is 2. The molecule has 1 aromatic carbocycles. The van der Waals surface area contributed by atoms with Crippen LogP contribution in [0.25, 0.3) is 0 Å². The summed E-state index contributed by atoms with van der Waals surface area (Å²) in [7, 11) is 0. The number of thiazole rings is 1. The van der Waals surface area contributed by atoms with Gasteiger partial charge < -0.3 is 15.0 Å². The van der Waals surface area contributed by atoms with Crippen LogP contribution in [0.2, 0.25) is 0 Å². The van der Waals surface area contributed by atoms with Crippen LogP contribution in [0.15, 0.2) is 29.6 Å². The molecule has 7 heteroatoms. The zero-order valence-electron chi connectivity index (χ0n) is 15.0. The molecule has 0 saturated heterocycles. The Morgan fingerprint density at radius 2 is 2.08 bits per heavy atom. The molecule has 26 heavy (non-hydrogen) atoms. The van der Waals surface area contributed by atoms with Crippen LogP contribution in [-0.2, 0) is 17.7 Å². The van der Waals surface area contributed by atoms with Crippen LogP contribution in [-0.4, -0.2) is 34.5 Å². The third-order valence-corrected chi connectivity index (χ3v) is 5.06. The number of para-hydroxylation sites is 1. The number of nitrogens with zero attached hydrogens (tertiary/aromatic N) is 2. The fourth-order valence-corrected chi connectivity index (χ4v) is 3.48. The first-order valence-electron chi connectivity index (χ1n) is 8.89. The van der Waals surface area contributed by atoms with Crippen molar-refractivity contribution in [3.63, 3.8) is 0 Å². The summed E-state index contributed by atoms with van der Waals surface area (Å²) < 4.78 is 4.97. The normalized spacial score (nSPS) is 13.3. The highest BCUT2D eigenvalue weighted by Gasteiger charge is 2.33. The van der Waals surface area contributed by atoms with Crippen molar-refractivity contribution in [1.82, 2.24) is 9.88 Å². The largest absolute Gasteiger partial charge is 0.461 e. The van der Waals surface area contributed by atoms with E-state index in [9.17, 15) is 9.59 Å². The molecule has 3 rings (SSSR count). The molecule has 2 aromatic rings. The lowest BCUT2D eigenvalue weighted by Crippen LogP contribution is -2.36. The van der Waals surface area contributed by atoms with Crippen molar-refractivity contribution in [3.8, 4) is 0 Å². The van der Waals surface area contributed by atoms with Crippen LogP contribution in [0, 0.1) is 0 Å². The molecule has 138 valence electrons. The number of hydrogen-bond acceptors (Lipinski definition) is 5. The first kappa shape index (κ1) is 18.4. The Balaban J connectivity index is 1.69. The minimum absolute atomic E-state index is 0.124. The molecule has 1 saturated carbocycles. The van der Waals surface area contributed by atoms with Gasteiger partial charge in [0.25, 0.3) is 0 Å². The molecule has 1 aliphatic rings. The van der Waals surface area contributed by atoms with Crippen molar-refractivity contribution in [2.24, 2.45) is 0 Å². The number of urea groups is 1. The van der Waals surface area contributed by atoms with Crippen molar-refractivity contribution in [1.29, 1.82) is 0 Å². The number of nitrogens with one attached hydrogen (secondary N) is 1. The molecule has 0 spiro atoms. The summed E-state index contributed by atoms with van der Waals surface area (Å²) in [6, 6.07) is 7.94. The van der Waals surface area contributed by atoms with Crippen molar-refractivity contribution < 1.29 is 14.3 Å². The van der Waals surface area contributed by atoms with E-state index in [1.807, 2.05) is 24.3 Å². The predicted octanol–water partition coefficient (Wildman–Crippen LogP) is 4.08. The third-order valence-electron chi connectivity index (χ3n) is 4.23. The molecule has 0 radical (unpaired) electrons. The first-order chi connectivity index (χ1) is 12.6. The fourth-order valence-electron chi connectivity index (χ4n) is 2.72. The Morgan fingerprint density at radius 1 is 1.31 bits per heavy atom. The van der Waals surface area contributed by atoms with Crippen LogP contribution < -0.4 is 5.32 Å². The van der Waals surface area contributed by atoms with Gasteiger partial charge in [0.05, 0.1) is 13.2 Å². The highest BCUT2D eigenvalue weighted by molar-refractivity contribution is 7.09. The third kappa shape index (κ3) is 4.40. The maximum Gasteiger partial charge on any atom is 0.357 e. The summed E-state index contributed by atoms with van der Waals surface area (Å²) in [5.41, 5.74) is 2.26. The number of aryl methyl sites for hydroxylation is 1. The molecule has 0 aliphatic heterocycles. The maximum absolute atomic E-state index is 12.8. The van der Waals surface area contributed by atoms with Crippen molar-refractivity contribution >= 4 is 29.0 Å². The van der Waals surface area contributed by atoms with Crippen LogP contribution in [0.5, 0.6) is 0 Å². The molecular formula is C19H23N3O3S. The van der Waals surface area contributed by atoms with Crippen LogP contribution in [0.4, 0.5) is 10.5 Å². The SMILES string of the molecule is CCOC(=O)c1csc(CN(C(=O)Nc2ccccc2CC)C2CC2)n1. The highest BCUT2D eigenvalue weighted by Crippen LogP contribution is 2.30. The highest BCUT2D eigenvalue weighted by atomic mass is 32.1. The summed E-state index contributed by atoms with van der Waals surface area (Å²) in [4.78, 5) is 30.7. The number of carbonyl (C=O) groups is 2. The monoisotopic (exact) mass is 373 g/mol. The summed E-state index contributed by atoms with van der Waals surface area (Å²) in [5, 5.41) is 5.44. The van der Waals surface area contributed by atoms with E-state index in [1.54, 1.807) is 17.2 Å².